The predicted octanol–water partition coefficient (Wildman–Crippen LogP) is 5.54. The van der Waals surface area contributed by atoms with Crippen molar-refractivity contribution >= 4 is 22.5 Å². The summed E-state index contributed by atoms with van der Waals surface area (Å²) in [5.41, 5.74) is 5.13. The van der Waals surface area contributed by atoms with Crippen LogP contribution in [0.4, 0.5) is 0 Å². The van der Waals surface area contributed by atoms with Crippen LogP contribution in [0.2, 0.25) is 5.02 Å². The predicted molar refractivity (Wildman–Crippen MR) is 104 cm³/mol. The fourth-order valence-electron chi connectivity index (χ4n) is 3.15. The first-order chi connectivity index (χ1) is 11.6. The van der Waals surface area contributed by atoms with Crippen molar-refractivity contribution in [1.29, 1.82) is 0 Å². The van der Waals surface area contributed by atoms with E-state index >= 15 is 0 Å². The standard InChI is InChI=1S/C21H25ClN2/c1-4-15(2)23-13-19-16(3)24(21-12-8-6-10-18(19)21)14-17-9-5-7-11-20(17)22/h5-12,15,23H,4,13-14H2,1-3H3/t15-/m1/s1. The Bertz CT molecular complexity index is 835. The normalized spacial score (nSPS) is 12.7. The molecular formula is C21H25ClN2. The molecule has 0 aliphatic heterocycles. The highest BCUT2D eigenvalue weighted by atomic mass is 35.5. The average Bonchev–Trinajstić information content (AvgIpc) is 2.86. The second-order valence-corrected chi connectivity index (χ2v) is 6.86. The lowest BCUT2D eigenvalue weighted by molar-refractivity contribution is 0.533. The van der Waals surface area contributed by atoms with Crippen molar-refractivity contribution in [1.82, 2.24) is 9.88 Å². The summed E-state index contributed by atoms with van der Waals surface area (Å²) in [6.45, 7) is 8.36. The Morgan fingerprint density at radius 3 is 2.54 bits per heavy atom. The van der Waals surface area contributed by atoms with Crippen LogP contribution in [0.3, 0.4) is 0 Å². The summed E-state index contributed by atoms with van der Waals surface area (Å²) >= 11 is 6.38. The highest BCUT2D eigenvalue weighted by Crippen LogP contribution is 2.28. The first-order valence-electron chi connectivity index (χ1n) is 8.65. The monoisotopic (exact) mass is 340 g/mol. The highest BCUT2D eigenvalue weighted by molar-refractivity contribution is 6.31. The molecule has 0 amide bonds. The van der Waals surface area contributed by atoms with E-state index < -0.39 is 0 Å². The SMILES string of the molecule is CC[C@@H](C)NCc1c(C)n(Cc2ccccc2Cl)c2ccccc12. The number of nitrogens with zero attached hydrogens (tertiary/aromatic N) is 1. The molecule has 0 bridgehead atoms. The van der Waals surface area contributed by atoms with Gasteiger partial charge in [-0.3, -0.25) is 0 Å². The van der Waals surface area contributed by atoms with Gasteiger partial charge in [0.1, 0.15) is 0 Å². The fourth-order valence-corrected chi connectivity index (χ4v) is 3.34. The van der Waals surface area contributed by atoms with Crippen molar-refractivity contribution in [2.24, 2.45) is 0 Å². The first kappa shape index (κ1) is 17.1. The Morgan fingerprint density at radius 2 is 1.79 bits per heavy atom. The van der Waals surface area contributed by atoms with E-state index in [1.807, 2.05) is 18.2 Å². The number of rotatable bonds is 6. The quantitative estimate of drug-likeness (QED) is 0.623. The zero-order chi connectivity index (χ0) is 17.1. The number of nitrogens with one attached hydrogen (secondary N) is 1. The fraction of sp³-hybridized carbons (Fsp3) is 0.333. The van der Waals surface area contributed by atoms with E-state index in [0.29, 0.717) is 6.04 Å². The number of aromatic nitrogens is 1. The molecule has 0 aliphatic carbocycles. The maximum Gasteiger partial charge on any atom is 0.0493 e. The summed E-state index contributed by atoms with van der Waals surface area (Å²) in [7, 11) is 0. The molecule has 24 heavy (non-hydrogen) atoms. The van der Waals surface area contributed by atoms with E-state index in [4.69, 9.17) is 11.6 Å². The topological polar surface area (TPSA) is 17.0 Å². The van der Waals surface area contributed by atoms with Gasteiger partial charge in [0, 0.05) is 40.8 Å². The van der Waals surface area contributed by atoms with E-state index in [2.05, 4.69) is 61.0 Å². The molecule has 0 aliphatic rings. The molecule has 0 fully saturated rings. The van der Waals surface area contributed by atoms with E-state index in [1.165, 1.54) is 22.2 Å². The van der Waals surface area contributed by atoms with Gasteiger partial charge in [0.15, 0.2) is 0 Å². The van der Waals surface area contributed by atoms with E-state index in [0.717, 1.165) is 30.1 Å². The summed E-state index contributed by atoms with van der Waals surface area (Å²) < 4.78 is 2.38. The summed E-state index contributed by atoms with van der Waals surface area (Å²) in [6, 6.07) is 17.3. The van der Waals surface area contributed by atoms with Gasteiger partial charge >= 0.3 is 0 Å². The number of halogens is 1. The van der Waals surface area contributed by atoms with Crippen LogP contribution in [-0.4, -0.2) is 10.6 Å². The van der Waals surface area contributed by atoms with Crippen LogP contribution in [0, 0.1) is 6.92 Å². The average molecular weight is 341 g/mol. The molecule has 2 aromatic carbocycles. The molecule has 0 saturated heterocycles. The molecule has 3 rings (SSSR count). The molecule has 1 aromatic heterocycles. The van der Waals surface area contributed by atoms with E-state index in [1.54, 1.807) is 0 Å². The van der Waals surface area contributed by atoms with Gasteiger partial charge in [-0.2, -0.15) is 0 Å². The van der Waals surface area contributed by atoms with Crippen molar-refractivity contribution < 1.29 is 0 Å². The molecular weight excluding hydrogens is 316 g/mol. The maximum absolute atomic E-state index is 6.38. The van der Waals surface area contributed by atoms with Crippen molar-refractivity contribution in [2.45, 2.75) is 46.3 Å². The third kappa shape index (κ3) is 3.35. The first-order valence-corrected chi connectivity index (χ1v) is 9.03. The van der Waals surface area contributed by atoms with Crippen LogP contribution in [0.15, 0.2) is 48.5 Å². The van der Waals surface area contributed by atoms with Gasteiger partial charge in [0.25, 0.3) is 0 Å². The Labute approximate surface area is 149 Å². The van der Waals surface area contributed by atoms with E-state index in [-0.39, 0.29) is 0 Å². The lowest BCUT2D eigenvalue weighted by Gasteiger charge is -2.13. The number of fused-ring (bicyclic) bond motifs is 1. The Hall–Kier alpha value is -1.77. The van der Waals surface area contributed by atoms with Gasteiger partial charge < -0.3 is 9.88 Å². The molecule has 0 saturated carbocycles. The van der Waals surface area contributed by atoms with Gasteiger partial charge in [-0.05, 0) is 43.5 Å². The second kappa shape index (κ2) is 7.42. The molecule has 1 heterocycles. The maximum atomic E-state index is 6.38. The molecule has 126 valence electrons. The molecule has 1 atom stereocenters. The lowest BCUT2D eigenvalue weighted by Crippen LogP contribution is -2.24. The molecule has 3 aromatic rings. The molecule has 3 heteroatoms. The summed E-state index contributed by atoms with van der Waals surface area (Å²) in [5.74, 6) is 0. The van der Waals surface area contributed by atoms with Crippen LogP contribution in [0.25, 0.3) is 10.9 Å². The largest absolute Gasteiger partial charge is 0.340 e. The summed E-state index contributed by atoms with van der Waals surface area (Å²) in [6.07, 6.45) is 1.14. The van der Waals surface area contributed by atoms with Gasteiger partial charge in [-0.15, -0.1) is 0 Å². The Morgan fingerprint density at radius 1 is 1.08 bits per heavy atom. The number of hydrogen-bond acceptors (Lipinski definition) is 1. The lowest BCUT2D eigenvalue weighted by atomic mass is 10.1. The second-order valence-electron chi connectivity index (χ2n) is 6.45. The Balaban J connectivity index is 2.02. The minimum atomic E-state index is 0.523. The molecule has 0 radical (unpaired) electrons. The minimum absolute atomic E-state index is 0.523. The van der Waals surface area contributed by atoms with Gasteiger partial charge in [0.2, 0.25) is 0 Å². The summed E-state index contributed by atoms with van der Waals surface area (Å²) in [5, 5.41) is 5.79. The van der Waals surface area contributed by atoms with Crippen molar-refractivity contribution in [3.05, 3.63) is 70.4 Å². The van der Waals surface area contributed by atoms with Crippen LogP contribution in [0.5, 0.6) is 0 Å². The zero-order valence-electron chi connectivity index (χ0n) is 14.6. The van der Waals surface area contributed by atoms with Gasteiger partial charge in [0.05, 0.1) is 0 Å². The molecule has 1 N–H and O–H groups in total. The highest BCUT2D eigenvalue weighted by Gasteiger charge is 2.15. The summed E-state index contributed by atoms with van der Waals surface area (Å²) in [4.78, 5) is 0. The number of para-hydroxylation sites is 1. The molecule has 0 unspecified atom stereocenters. The van der Waals surface area contributed by atoms with Crippen molar-refractivity contribution in [3.8, 4) is 0 Å². The van der Waals surface area contributed by atoms with Crippen molar-refractivity contribution in [3.63, 3.8) is 0 Å². The smallest absolute Gasteiger partial charge is 0.0493 e. The van der Waals surface area contributed by atoms with Crippen molar-refractivity contribution in [2.75, 3.05) is 0 Å². The third-order valence-corrected chi connectivity index (χ3v) is 5.26. The van der Waals surface area contributed by atoms with Crippen LogP contribution in [-0.2, 0) is 13.1 Å². The van der Waals surface area contributed by atoms with Crippen LogP contribution in [0.1, 0.15) is 37.1 Å². The Kier molecular flexibility index (Phi) is 5.27. The van der Waals surface area contributed by atoms with E-state index in [9.17, 15) is 0 Å². The third-order valence-electron chi connectivity index (χ3n) is 4.89. The van der Waals surface area contributed by atoms with Crippen LogP contribution >= 0.6 is 11.6 Å². The van der Waals surface area contributed by atoms with Gasteiger partial charge in [-0.25, -0.2) is 0 Å². The van der Waals surface area contributed by atoms with Crippen LogP contribution < -0.4 is 5.32 Å². The molecule has 0 spiro atoms. The minimum Gasteiger partial charge on any atom is -0.340 e. The number of benzene rings is 2. The molecule has 2 nitrogen and oxygen atoms in total. The zero-order valence-corrected chi connectivity index (χ0v) is 15.4. The number of hydrogen-bond donors (Lipinski definition) is 1. The van der Waals surface area contributed by atoms with Gasteiger partial charge in [-0.1, -0.05) is 54.9 Å².